The number of carbonyl (C=O) groups is 1. The maximum Gasteiger partial charge on any atom is 0.254 e. The molecular formula is C22H26N2O5. The molecule has 0 bridgehead atoms. The minimum atomic E-state index is -0.125. The van der Waals surface area contributed by atoms with E-state index in [4.69, 9.17) is 14.2 Å². The van der Waals surface area contributed by atoms with E-state index in [0.29, 0.717) is 30.3 Å². The summed E-state index contributed by atoms with van der Waals surface area (Å²) < 4.78 is 18.0. The quantitative estimate of drug-likeness (QED) is 0.699. The van der Waals surface area contributed by atoms with Gasteiger partial charge in [0.15, 0.2) is 11.5 Å². The lowest BCUT2D eigenvalue weighted by molar-refractivity contribution is -0.125. The molecule has 1 aliphatic heterocycles. The fourth-order valence-corrected chi connectivity index (χ4v) is 3.25. The van der Waals surface area contributed by atoms with Crippen LogP contribution in [0.1, 0.15) is 17.7 Å². The van der Waals surface area contributed by atoms with Gasteiger partial charge in [0.2, 0.25) is 5.91 Å². The summed E-state index contributed by atoms with van der Waals surface area (Å²) in [4.78, 5) is 26.2. The van der Waals surface area contributed by atoms with Crippen LogP contribution in [0.15, 0.2) is 41.2 Å². The van der Waals surface area contributed by atoms with Crippen molar-refractivity contribution in [3.05, 3.63) is 58.0 Å². The Labute approximate surface area is 170 Å². The second-order valence-corrected chi connectivity index (χ2v) is 6.99. The SMILES string of the molecule is COc1ccc(/C=C/C(=O)N2CCC(Oc3cc(C)n(C)c(=O)c3)C2)cc1OC. The van der Waals surface area contributed by atoms with Gasteiger partial charge in [-0.15, -0.1) is 0 Å². The highest BCUT2D eigenvalue weighted by molar-refractivity contribution is 5.92. The van der Waals surface area contributed by atoms with E-state index in [0.717, 1.165) is 17.7 Å². The summed E-state index contributed by atoms with van der Waals surface area (Å²) in [6.45, 7) is 2.96. The van der Waals surface area contributed by atoms with Gasteiger partial charge in [-0.1, -0.05) is 6.07 Å². The smallest absolute Gasteiger partial charge is 0.254 e. The monoisotopic (exact) mass is 398 g/mol. The van der Waals surface area contributed by atoms with Crippen molar-refractivity contribution in [2.75, 3.05) is 27.3 Å². The van der Waals surface area contributed by atoms with Crippen molar-refractivity contribution in [1.29, 1.82) is 0 Å². The standard InChI is InChI=1S/C22H26N2O5/c1-15-11-18(13-22(26)23(15)2)29-17-9-10-24(14-17)21(25)8-6-16-5-7-19(27-3)20(12-16)28-4/h5-8,11-13,17H,9-10,14H2,1-4H3/b8-6+. The molecular weight excluding hydrogens is 372 g/mol. The van der Waals surface area contributed by atoms with Crippen molar-refractivity contribution >= 4 is 12.0 Å². The first-order chi connectivity index (χ1) is 13.9. The van der Waals surface area contributed by atoms with E-state index in [1.54, 1.807) is 49.0 Å². The Morgan fingerprint density at radius 2 is 1.90 bits per heavy atom. The highest BCUT2D eigenvalue weighted by Crippen LogP contribution is 2.28. The Balaban J connectivity index is 1.60. The number of benzene rings is 1. The van der Waals surface area contributed by atoms with Crippen LogP contribution in [0.5, 0.6) is 17.2 Å². The van der Waals surface area contributed by atoms with Crippen molar-refractivity contribution in [1.82, 2.24) is 9.47 Å². The van der Waals surface area contributed by atoms with E-state index >= 15 is 0 Å². The Morgan fingerprint density at radius 3 is 2.59 bits per heavy atom. The highest BCUT2D eigenvalue weighted by Gasteiger charge is 2.26. The number of methoxy groups -OCH3 is 2. The van der Waals surface area contributed by atoms with E-state index in [1.165, 1.54) is 6.07 Å². The molecule has 0 aliphatic carbocycles. The average molecular weight is 398 g/mol. The van der Waals surface area contributed by atoms with Gasteiger partial charge in [0.1, 0.15) is 11.9 Å². The molecule has 1 aromatic heterocycles. The zero-order valence-electron chi connectivity index (χ0n) is 17.2. The zero-order valence-corrected chi connectivity index (χ0v) is 17.2. The molecule has 154 valence electrons. The molecule has 1 aliphatic rings. The molecule has 1 fully saturated rings. The van der Waals surface area contributed by atoms with Crippen molar-refractivity contribution in [3.63, 3.8) is 0 Å². The van der Waals surface area contributed by atoms with Crippen LogP contribution in [-0.2, 0) is 11.8 Å². The molecule has 0 radical (unpaired) electrons. The van der Waals surface area contributed by atoms with Crippen LogP contribution in [-0.4, -0.2) is 48.8 Å². The number of rotatable bonds is 6. The van der Waals surface area contributed by atoms with E-state index in [2.05, 4.69) is 0 Å². The van der Waals surface area contributed by atoms with Crippen LogP contribution in [0, 0.1) is 6.92 Å². The number of nitrogens with zero attached hydrogens (tertiary/aromatic N) is 2. The molecule has 2 heterocycles. The molecule has 0 saturated carbocycles. The molecule has 7 heteroatoms. The molecule has 0 N–H and O–H groups in total. The predicted octanol–water partition coefficient (Wildman–Crippen LogP) is 2.40. The molecule has 1 unspecified atom stereocenters. The normalized spacial score (nSPS) is 16.3. The Kier molecular flexibility index (Phi) is 6.26. The number of aromatic nitrogens is 1. The lowest BCUT2D eigenvalue weighted by Gasteiger charge is -2.16. The van der Waals surface area contributed by atoms with Crippen LogP contribution in [0.3, 0.4) is 0 Å². The van der Waals surface area contributed by atoms with E-state index in [-0.39, 0.29) is 17.6 Å². The molecule has 3 rings (SSSR count). The van der Waals surface area contributed by atoms with Crippen LogP contribution < -0.4 is 19.8 Å². The van der Waals surface area contributed by atoms with Gasteiger partial charge in [0.05, 0.1) is 20.8 Å². The molecule has 7 nitrogen and oxygen atoms in total. The summed E-state index contributed by atoms with van der Waals surface area (Å²) in [5, 5.41) is 0. The van der Waals surface area contributed by atoms with Gasteiger partial charge in [0, 0.05) is 37.8 Å². The summed E-state index contributed by atoms with van der Waals surface area (Å²) in [6, 6.07) is 8.79. The van der Waals surface area contributed by atoms with Crippen molar-refractivity contribution in [2.45, 2.75) is 19.4 Å². The fourth-order valence-electron chi connectivity index (χ4n) is 3.25. The van der Waals surface area contributed by atoms with E-state index in [9.17, 15) is 9.59 Å². The largest absolute Gasteiger partial charge is 0.493 e. The van der Waals surface area contributed by atoms with E-state index < -0.39 is 0 Å². The summed E-state index contributed by atoms with van der Waals surface area (Å²) in [7, 11) is 4.88. The number of pyridine rings is 1. The predicted molar refractivity (Wildman–Crippen MR) is 111 cm³/mol. The van der Waals surface area contributed by atoms with Gasteiger partial charge in [-0.25, -0.2) is 0 Å². The van der Waals surface area contributed by atoms with Crippen LogP contribution in [0.2, 0.25) is 0 Å². The first-order valence-electron chi connectivity index (χ1n) is 9.44. The third-order valence-corrected chi connectivity index (χ3v) is 5.06. The first-order valence-corrected chi connectivity index (χ1v) is 9.44. The molecule has 1 aromatic carbocycles. The average Bonchev–Trinajstić information content (AvgIpc) is 3.18. The number of aryl methyl sites for hydroxylation is 1. The second-order valence-electron chi connectivity index (χ2n) is 6.99. The van der Waals surface area contributed by atoms with Gasteiger partial charge >= 0.3 is 0 Å². The van der Waals surface area contributed by atoms with Gasteiger partial charge in [0.25, 0.3) is 5.56 Å². The molecule has 1 saturated heterocycles. The zero-order chi connectivity index (χ0) is 21.0. The van der Waals surface area contributed by atoms with Crippen LogP contribution >= 0.6 is 0 Å². The maximum absolute atomic E-state index is 12.5. The number of likely N-dealkylation sites (tertiary alicyclic amines) is 1. The Morgan fingerprint density at radius 1 is 1.14 bits per heavy atom. The van der Waals surface area contributed by atoms with Crippen molar-refractivity contribution in [3.8, 4) is 17.2 Å². The molecule has 29 heavy (non-hydrogen) atoms. The number of hydrogen-bond acceptors (Lipinski definition) is 5. The molecule has 1 amide bonds. The van der Waals surface area contributed by atoms with Crippen molar-refractivity contribution < 1.29 is 19.0 Å². The molecule has 2 aromatic rings. The minimum Gasteiger partial charge on any atom is -0.493 e. The highest BCUT2D eigenvalue weighted by atomic mass is 16.5. The summed E-state index contributed by atoms with van der Waals surface area (Å²) in [5.41, 5.74) is 1.57. The first kappa shape index (κ1) is 20.5. The van der Waals surface area contributed by atoms with Gasteiger partial charge in [-0.3, -0.25) is 9.59 Å². The Hall–Kier alpha value is -3.22. The van der Waals surface area contributed by atoms with Gasteiger partial charge in [-0.05, 0) is 36.8 Å². The van der Waals surface area contributed by atoms with Gasteiger partial charge in [-0.2, -0.15) is 0 Å². The summed E-state index contributed by atoms with van der Waals surface area (Å²) >= 11 is 0. The van der Waals surface area contributed by atoms with Gasteiger partial charge < -0.3 is 23.7 Å². The van der Waals surface area contributed by atoms with Crippen LogP contribution in [0.4, 0.5) is 0 Å². The second kappa shape index (κ2) is 8.86. The lowest BCUT2D eigenvalue weighted by Crippen LogP contribution is -2.29. The summed E-state index contributed by atoms with van der Waals surface area (Å²) in [5.74, 6) is 1.72. The van der Waals surface area contributed by atoms with Crippen molar-refractivity contribution in [2.24, 2.45) is 7.05 Å². The summed E-state index contributed by atoms with van der Waals surface area (Å²) in [6.07, 6.45) is 3.90. The van der Waals surface area contributed by atoms with Crippen LogP contribution in [0.25, 0.3) is 6.08 Å². The number of hydrogen-bond donors (Lipinski definition) is 0. The maximum atomic E-state index is 12.5. The minimum absolute atomic E-state index is 0.0777. The third-order valence-electron chi connectivity index (χ3n) is 5.06. The molecule has 1 atom stereocenters. The number of carbonyl (C=O) groups excluding carboxylic acids is 1. The number of ether oxygens (including phenoxy) is 3. The van der Waals surface area contributed by atoms with E-state index in [1.807, 2.05) is 25.1 Å². The lowest BCUT2D eigenvalue weighted by atomic mass is 10.2. The molecule has 0 spiro atoms. The third kappa shape index (κ3) is 4.80. The number of amides is 1. The fraction of sp³-hybridized carbons (Fsp3) is 0.364. The Bertz CT molecular complexity index is 980. The topological polar surface area (TPSA) is 70.0 Å².